The summed E-state index contributed by atoms with van der Waals surface area (Å²) in [7, 11) is 0. The van der Waals surface area contributed by atoms with Crippen molar-refractivity contribution in [3.63, 3.8) is 0 Å². The third-order valence-corrected chi connectivity index (χ3v) is 5.72. The molecule has 0 amide bonds. The van der Waals surface area contributed by atoms with E-state index in [4.69, 9.17) is 4.74 Å². The highest BCUT2D eigenvalue weighted by Crippen LogP contribution is 2.39. The summed E-state index contributed by atoms with van der Waals surface area (Å²) >= 11 is 1.53. The number of hydrogen-bond donors (Lipinski definition) is 0. The van der Waals surface area contributed by atoms with Gasteiger partial charge in [-0.25, -0.2) is 0 Å². The molecule has 1 atom stereocenters. The summed E-state index contributed by atoms with van der Waals surface area (Å²) in [5.74, 6) is 4.50. The van der Waals surface area contributed by atoms with Crippen LogP contribution in [0.25, 0.3) is 0 Å². The van der Waals surface area contributed by atoms with E-state index in [-0.39, 0.29) is 30.4 Å². The highest BCUT2D eigenvalue weighted by atomic mass is 32.1. The molecule has 1 unspecified atom stereocenters. The first kappa shape index (κ1) is 20.3. The topological polar surface area (TPSA) is 60.4 Å². The number of rotatable bonds is 6. The highest BCUT2D eigenvalue weighted by molar-refractivity contribution is 7.08. The molecule has 1 aromatic heterocycles. The van der Waals surface area contributed by atoms with E-state index in [0.717, 1.165) is 42.4 Å². The number of allylic oxidation sites excluding steroid dienone is 3. The Labute approximate surface area is 169 Å². The normalized spacial score (nSPS) is 19.1. The fraction of sp³-hybridized carbons (Fsp3) is 0.435. The number of carbonyl (C=O) groups excluding carboxylic acids is 3. The molecule has 0 bridgehead atoms. The Kier molecular flexibility index (Phi) is 7.00. The van der Waals surface area contributed by atoms with Gasteiger partial charge in [-0.3, -0.25) is 14.4 Å². The van der Waals surface area contributed by atoms with Crippen molar-refractivity contribution in [2.24, 2.45) is 5.92 Å². The molecule has 1 aromatic rings. The smallest absolute Gasteiger partial charge is 0.309 e. The minimum Gasteiger partial charge on any atom is -0.466 e. The van der Waals surface area contributed by atoms with Gasteiger partial charge in [0.25, 0.3) is 0 Å². The molecule has 0 saturated heterocycles. The van der Waals surface area contributed by atoms with Crippen LogP contribution in [-0.4, -0.2) is 24.1 Å². The maximum absolute atomic E-state index is 13.1. The quantitative estimate of drug-likeness (QED) is 0.528. The van der Waals surface area contributed by atoms with Gasteiger partial charge in [0.2, 0.25) is 5.78 Å². The van der Waals surface area contributed by atoms with Crippen LogP contribution in [0.15, 0.2) is 39.6 Å². The summed E-state index contributed by atoms with van der Waals surface area (Å²) in [4.78, 5) is 37.4. The van der Waals surface area contributed by atoms with Crippen molar-refractivity contribution >= 4 is 28.9 Å². The highest BCUT2D eigenvalue weighted by Gasteiger charge is 2.36. The van der Waals surface area contributed by atoms with Crippen LogP contribution in [0.4, 0.5) is 0 Å². The Morgan fingerprint density at radius 2 is 2.18 bits per heavy atom. The van der Waals surface area contributed by atoms with Gasteiger partial charge in [-0.15, -0.1) is 0 Å². The standard InChI is InChI=1S/C23H24O4S/c1-2-27-21(25)14-18-12-19(13-20(24)9-8-16-10-11-28-15-16)23(26)22(18)17-6-4-3-5-7-17/h6,10-11,15,19H,2-5,7,12-14H2,1H3. The van der Waals surface area contributed by atoms with Crippen LogP contribution in [0.2, 0.25) is 0 Å². The van der Waals surface area contributed by atoms with Crippen LogP contribution in [0.1, 0.15) is 57.4 Å². The van der Waals surface area contributed by atoms with E-state index >= 15 is 0 Å². The maximum Gasteiger partial charge on any atom is 0.309 e. The minimum atomic E-state index is -0.425. The van der Waals surface area contributed by atoms with Gasteiger partial charge in [-0.1, -0.05) is 12.0 Å². The Balaban J connectivity index is 1.75. The third-order valence-electron chi connectivity index (χ3n) is 5.04. The molecule has 5 heteroatoms. The largest absolute Gasteiger partial charge is 0.466 e. The zero-order valence-corrected chi connectivity index (χ0v) is 16.9. The van der Waals surface area contributed by atoms with Gasteiger partial charge in [-0.05, 0) is 67.5 Å². The lowest BCUT2D eigenvalue weighted by Gasteiger charge is -2.15. The van der Waals surface area contributed by atoms with Crippen LogP contribution >= 0.6 is 11.3 Å². The number of ketones is 2. The van der Waals surface area contributed by atoms with Crippen molar-refractivity contribution in [2.45, 2.75) is 51.9 Å². The molecule has 0 N–H and O–H groups in total. The molecule has 1 heterocycles. The predicted molar refractivity (Wildman–Crippen MR) is 109 cm³/mol. The summed E-state index contributed by atoms with van der Waals surface area (Å²) in [6, 6.07) is 1.86. The van der Waals surface area contributed by atoms with Gasteiger partial charge < -0.3 is 4.74 Å². The van der Waals surface area contributed by atoms with Gasteiger partial charge in [0.15, 0.2) is 5.78 Å². The number of carbonyl (C=O) groups is 3. The second kappa shape index (κ2) is 9.66. The number of esters is 1. The first-order chi connectivity index (χ1) is 13.6. The van der Waals surface area contributed by atoms with Crippen LogP contribution < -0.4 is 0 Å². The molecule has 0 spiro atoms. The molecular weight excluding hydrogens is 372 g/mol. The van der Waals surface area contributed by atoms with Gasteiger partial charge in [0.1, 0.15) is 0 Å². The molecule has 0 radical (unpaired) electrons. The van der Waals surface area contributed by atoms with Crippen molar-refractivity contribution in [1.82, 2.24) is 0 Å². The van der Waals surface area contributed by atoms with Gasteiger partial charge in [-0.2, -0.15) is 11.3 Å². The van der Waals surface area contributed by atoms with Crippen LogP contribution in [0.5, 0.6) is 0 Å². The van der Waals surface area contributed by atoms with Crippen LogP contribution in [-0.2, 0) is 19.1 Å². The van der Waals surface area contributed by atoms with Crippen molar-refractivity contribution < 1.29 is 19.1 Å². The first-order valence-electron chi connectivity index (χ1n) is 9.76. The fourth-order valence-corrected chi connectivity index (χ4v) is 4.37. The lowest BCUT2D eigenvalue weighted by atomic mass is 9.89. The van der Waals surface area contributed by atoms with E-state index in [9.17, 15) is 14.4 Å². The SMILES string of the molecule is CCOC(=O)CC1=C(C2=CCCCC2)C(=O)C(CC(=O)C#Cc2ccsc2)C1. The van der Waals surface area contributed by atoms with E-state index in [1.165, 1.54) is 11.3 Å². The van der Waals surface area contributed by atoms with Crippen molar-refractivity contribution in [3.8, 4) is 11.8 Å². The lowest BCUT2D eigenvalue weighted by molar-refractivity contribution is -0.142. The monoisotopic (exact) mass is 396 g/mol. The van der Waals surface area contributed by atoms with Gasteiger partial charge >= 0.3 is 5.97 Å². The molecule has 146 valence electrons. The maximum atomic E-state index is 13.1. The van der Waals surface area contributed by atoms with Gasteiger partial charge in [0.05, 0.1) is 13.0 Å². The molecule has 3 rings (SSSR count). The van der Waals surface area contributed by atoms with Gasteiger partial charge in [0, 0.05) is 28.9 Å². The summed E-state index contributed by atoms with van der Waals surface area (Å²) < 4.78 is 5.08. The van der Waals surface area contributed by atoms with Crippen molar-refractivity contribution in [2.75, 3.05) is 6.61 Å². The molecule has 0 fully saturated rings. The number of hydrogen-bond acceptors (Lipinski definition) is 5. The summed E-state index contributed by atoms with van der Waals surface area (Å²) in [6.45, 7) is 2.09. The number of Topliss-reactive ketones (excluding diaryl/α,β-unsaturated/α-hetero) is 2. The average molecular weight is 397 g/mol. The molecule has 28 heavy (non-hydrogen) atoms. The predicted octanol–water partition coefficient (Wildman–Crippen LogP) is 4.40. The average Bonchev–Trinajstić information content (AvgIpc) is 3.30. The first-order valence-corrected chi connectivity index (χ1v) is 10.7. The van der Waals surface area contributed by atoms with E-state index in [2.05, 4.69) is 17.9 Å². The third kappa shape index (κ3) is 5.08. The summed E-state index contributed by atoms with van der Waals surface area (Å²) in [6.07, 6.45) is 6.75. The Morgan fingerprint density at radius 3 is 2.86 bits per heavy atom. The lowest BCUT2D eigenvalue weighted by Crippen LogP contribution is -2.15. The minimum absolute atomic E-state index is 0.0156. The van der Waals surface area contributed by atoms with E-state index < -0.39 is 5.92 Å². The fourth-order valence-electron chi connectivity index (χ4n) is 3.79. The zero-order valence-electron chi connectivity index (χ0n) is 16.1. The molecule has 4 nitrogen and oxygen atoms in total. The molecule has 2 aliphatic carbocycles. The van der Waals surface area contributed by atoms with Crippen molar-refractivity contribution in [1.29, 1.82) is 0 Å². The molecular formula is C23H24O4S. The van der Waals surface area contributed by atoms with Crippen molar-refractivity contribution in [3.05, 3.63) is 45.2 Å². The van der Waals surface area contributed by atoms with Crippen LogP contribution in [0, 0.1) is 17.8 Å². The number of thiophene rings is 1. The zero-order chi connectivity index (χ0) is 19.9. The second-order valence-corrected chi connectivity index (χ2v) is 7.87. The Hall–Kier alpha value is -2.45. The van der Waals surface area contributed by atoms with E-state index in [1.54, 1.807) is 6.92 Å². The number of ether oxygens (including phenoxy) is 1. The summed E-state index contributed by atoms with van der Waals surface area (Å²) in [5, 5.41) is 3.79. The molecule has 0 aromatic carbocycles. The Bertz CT molecular complexity index is 877. The van der Waals surface area contributed by atoms with Crippen LogP contribution in [0.3, 0.4) is 0 Å². The van der Waals surface area contributed by atoms with E-state index in [0.29, 0.717) is 18.6 Å². The molecule has 2 aliphatic rings. The Morgan fingerprint density at radius 1 is 1.32 bits per heavy atom. The second-order valence-electron chi connectivity index (χ2n) is 7.09. The molecule has 0 aliphatic heterocycles. The van der Waals surface area contributed by atoms with E-state index in [1.807, 2.05) is 16.8 Å². The molecule has 0 saturated carbocycles. The summed E-state index contributed by atoms with van der Waals surface area (Å²) in [5.41, 5.74) is 3.34.